The quantitative estimate of drug-likeness (QED) is 0.303. The maximum atomic E-state index is 12.6. The molecule has 1 amide bonds. The zero-order chi connectivity index (χ0) is 20.7. The number of anilines is 1. The van der Waals surface area contributed by atoms with E-state index in [0.717, 1.165) is 5.56 Å². The smallest absolute Gasteiger partial charge is 0.341 e. The highest BCUT2D eigenvalue weighted by Crippen LogP contribution is 2.39. The second kappa shape index (κ2) is 10.3. The average molecular weight is 464 g/mol. The first kappa shape index (κ1) is 22.8. The molecule has 2 N–H and O–H groups in total. The van der Waals surface area contributed by atoms with E-state index < -0.39 is 15.9 Å². The SMILES string of the molecule is CCCC(=O)N[C@@H](Nc1scc(-c2ccccc2)c1C(=O)OCC)C(Cl)(Cl)Cl. The standard InChI is InChI=1S/C19H21Cl3N2O3S/c1-3-8-14(25)23-18(19(20,21)22)24-16-15(17(26)27-4-2)13(11-28-16)12-9-6-5-7-10-12/h5-7,9-11,18,24H,3-4,8H2,1-2H3,(H,23,25)/t18-/m0/s1. The van der Waals surface area contributed by atoms with E-state index in [4.69, 9.17) is 39.5 Å². The van der Waals surface area contributed by atoms with Gasteiger partial charge in [0, 0.05) is 17.4 Å². The number of thiophene rings is 1. The molecule has 1 aromatic heterocycles. The molecule has 1 heterocycles. The summed E-state index contributed by atoms with van der Waals surface area (Å²) in [6.45, 7) is 3.83. The van der Waals surface area contributed by atoms with Crippen LogP contribution in [0.1, 0.15) is 37.0 Å². The molecule has 0 unspecified atom stereocenters. The molecule has 0 saturated carbocycles. The van der Waals surface area contributed by atoms with Crippen molar-refractivity contribution in [2.75, 3.05) is 11.9 Å². The predicted molar refractivity (Wildman–Crippen MR) is 116 cm³/mol. The number of benzene rings is 1. The maximum Gasteiger partial charge on any atom is 0.341 e. The number of ether oxygens (including phenoxy) is 1. The maximum absolute atomic E-state index is 12.6. The Morgan fingerprint density at radius 3 is 2.43 bits per heavy atom. The fourth-order valence-corrected chi connectivity index (χ4v) is 3.81. The van der Waals surface area contributed by atoms with Crippen molar-refractivity contribution in [1.29, 1.82) is 0 Å². The van der Waals surface area contributed by atoms with Crippen LogP contribution in [0.4, 0.5) is 5.00 Å². The number of halogens is 3. The molecule has 5 nitrogen and oxygen atoms in total. The van der Waals surface area contributed by atoms with Gasteiger partial charge in [-0.1, -0.05) is 72.1 Å². The van der Waals surface area contributed by atoms with E-state index >= 15 is 0 Å². The van der Waals surface area contributed by atoms with E-state index in [-0.39, 0.29) is 12.5 Å². The van der Waals surface area contributed by atoms with Gasteiger partial charge in [0.15, 0.2) is 0 Å². The number of carbonyl (C=O) groups is 2. The summed E-state index contributed by atoms with van der Waals surface area (Å²) in [5.41, 5.74) is 1.90. The summed E-state index contributed by atoms with van der Waals surface area (Å²) in [6.07, 6.45) is -0.0699. The molecule has 28 heavy (non-hydrogen) atoms. The Bertz CT molecular complexity index is 807. The summed E-state index contributed by atoms with van der Waals surface area (Å²) in [4.78, 5) is 24.7. The third-order valence-electron chi connectivity index (χ3n) is 3.74. The van der Waals surface area contributed by atoms with Crippen LogP contribution in [0.3, 0.4) is 0 Å². The topological polar surface area (TPSA) is 67.4 Å². The van der Waals surface area contributed by atoms with Crippen molar-refractivity contribution in [2.24, 2.45) is 0 Å². The molecule has 0 radical (unpaired) electrons. The third-order valence-corrected chi connectivity index (χ3v) is 5.31. The first-order chi connectivity index (χ1) is 13.3. The molecule has 0 aliphatic carbocycles. The lowest BCUT2D eigenvalue weighted by Crippen LogP contribution is -2.49. The summed E-state index contributed by atoms with van der Waals surface area (Å²) >= 11 is 19.4. The number of nitrogens with one attached hydrogen (secondary N) is 2. The van der Waals surface area contributed by atoms with Crippen molar-refractivity contribution in [3.63, 3.8) is 0 Å². The molecule has 1 atom stereocenters. The van der Waals surface area contributed by atoms with Crippen LogP contribution in [-0.4, -0.2) is 28.4 Å². The molecule has 1 aromatic carbocycles. The molecule has 9 heteroatoms. The first-order valence-electron chi connectivity index (χ1n) is 8.74. The van der Waals surface area contributed by atoms with Crippen molar-refractivity contribution in [1.82, 2.24) is 5.32 Å². The number of hydrogen-bond acceptors (Lipinski definition) is 5. The lowest BCUT2D eigenvalue weighted by Gasteiger charge is -2.27. The predicted octanol–water partition coefficient (Wildman–Crippen LogP) is 5.62. The fourth-order valence-electron chi connectivity index (χ4n) is 2.49. The van der Waals surface area contributed by atoms with Crippen molar-refractivity contribution >= 4 is 63.0 Å². The Morgan fingerprint density at radius 2 is 1.86 bits per heavy atom. The summed E-state index contributed by atoms with van der Waals surface area (Å²) in [7, 11) is 0. The molecule has 2 rings (SSSR count). The lowest BCUT2D eigenvalue weighted by atomic mass is 10.0. The van der Waals surface area contributed by atoms with Crippen molar-refractivity contribution < 1.29 is 14.3 Å². The lowest BCUT2D eigenvalue weighted by molar-refractivity contribution is -0.121. The Morgan fingerprint density at radius 1 is 1.18 bits per heavy atom. The Hall–Kier alpha value is -1.47. The van der Waals surface area contributed by atoms with Gasteiger partial charge in [0.25, 0.3) is 0 Å². The average Bonchev–Trinajstić information content (AvgIpc) is 3.05. The highest BCUT2D eigenvalue weighted by atomic mass is 35.6. The Balaban J connectivity index is 2.41. The van der Waals surface area contributed by atoms with E-state index in [1.807, 2.05) is 42.6 Å². The first-order valence-corrected chi connectivity index (χ1v) is 10.8. The molecule has 2 aromatic rings. The van der Waals surface area contributed by atoms with E-state index in [2.05, 4.69) is 10.6 Å². The molecule has 0 spiro atoms. The number of esters is 1. The Labute approximate surface area is 183 Å². The van der Waals surface area contributed by atoms with Crippen LogP contribution < -0.4 is 10.6 Å². The second-order valence-corrected chi connectivity index (χ2v) is 9.13. The van der Waals surface area contributed by atoms with Gasteiger partial charge in [0.2, 0.25) is 9.70 Å². The van der Waals surface area contributed by atoms with E-state index in [0.29, 0.717) is 29.0 Å². The van der Waals surface area contributed by atoms with Crippen LogP contribution >= 0.6 is 46.1 Å². The van der Waals surface area contributed by atoms with Crippen LogP contribution in [0.2, 0.25) is 0 Å². The van der Waals surface area contributed by atoms with Crippen LogP contribution in [0.25, 0.3) is 11.1 Å². The molecular formula is C19H21Cl3N2O3S. The minimum absolute atomic E-state index is 0.226. The number of rotatable bonds is 8. The Kier molecular flexibility index (Phi) is 8.43. The van der Waals surface area contributed by atoms with Crippen LogP contribution in [-0.2, 0) is 9.53 Å². The summed E-state index contributed by atoms with van der Waals surface area (Å²) < 4.78 is 3.39. The summed E-state index contributed by atoms with van der Waals surface area (Å²) in [6, 6.07) is 9.43. The number of carbonyl (C=O) groups excluding carboxylic acids is 2. The van der Waals surface area contributed by atoms with E-state index in [9.17, 15) is 9.59 Å². The highest BCUT2D eigenvalue weighted by Gasteiger charge is 2.35. The molecule has 0 aliphatic rings. The van der Waals surface area contributed by atoms with Gasteiger partial charge in [-0.25, -0.2) is 4.79 Å². The van der Waals surface area contributed by atoms with Crippen molar-refractivity contribution in [3.05, 3.63) is 41.3 Å². The molecule has 0 aliphatic heterocycles. The highest BCUT2D eigenvalue weighted by molar-refractivity contribution is 7.15. The molecule has 0 saturated heterocycles. The van der Waals surface area contributed by atoms with E-state index in [1.54, 1.807) is 6.92 Å². The van der Waals surface area contributed by atoms with Gasteiger partial charge in [-0.2, -0.15) is 0 Å². The van der Waals surface area contributed by atoms with Crippen LogP contribution in [0, 0.1) is 0 Å². The van der Waals surface area contributed by atoms with Crippen molar-refractivity contribution in [3.8, 4) is 11.1 Å². The fraction of sp³-hybridized carbons (Fsp3) is 0.368. The van der Waals surface area contributed by atoms with Gasteiger partial charge in [0.1, 0.15) is 16.7 Å². The minimum Gasteiger partial charge on any atom is -0.462 e. The molecule has 152 valence electrons. The van der Waals surface area contributed by atoms with Gasteiger partial charge >= 0.3 is 5.97 Å². The third kappa shape index (κ3) is 6.01. The summed E-state index contributed by atoms with van der Waals surface area (Å²) in [5.74, 6) is -0.753. The van der Waals surface area contributed by atoms with Gasteiger partial charge in [0.05, 0.1) is 6.61 Å². The zero-order valence-electron chi connectivity index (χ0n) is 15.4. The van der Waals surface area contributed by atoms with Crippen LogP contribution in [0.5, 0.6) is 0 Å². The van der Waals surface area contributed by atoms with E-state index in [1.165, 1.54) is 11.3 Å². The monoisotopic (exact) mass is 462 g/mol. The largest absolute Gasteiger partial charge is 0.462 e. The van der Waals surface area contributed by atoms with Gasteiger partial charge in [-0.3, -0.25) is 4.79 Å². The number of amides is 1. The number of hydrogen-bond donors (Lipinski definition) is 2. The molecule has 0 fully saturated rings. The zero-order valence-corrected chi connectivity index (χ0v) is 18.5. The molecule has 0 bridgehead atoms. The van der Waals surface area contributed by atoms with Gasteiger partial charge in [-0.15, -0.1) is 11.3 Å². The number of alkyl halides is 3. The van der Waals surface area contributed by atoms with Gasteiger partial charge in [-0.05, 0) is 18.9 Å². The second-order valence-electron chi connectivity index (χ2n) is 5.88. The van der Waals surface area contributed by atoms with Gasteiger partial charge < -0.3 is 15.4 Å². The van der Waals surface area contributed by atoms with Crippen LogP contribution in [0.15, 0.2) is 35.7 Å². The van der Waals surface area contributed by atoms with Crippen molar-refractivity contribution in [2.45, 2.75) is 36.6 Å². The minimum atomic E-state index is -1.83. The molecular weight excluding hydrogens is 443 g/mol. The summed E-state index contributed by atoms with van der Waals surface area (Å²) in [5, 5.41) is 7.93. The normalized spacial score (nSPS) is 12.3.